The van der Waals surface area contributed by atoms with E-state index < -0.39 is 0 Å². The van der Waals surface area contributed by atoms with E-state index in [0.717, 1.165) is 47.6 Å². The molecule has 29 heavy (non-hydrogen) atoms. The maximum absolute atomic E-state index is 12.5. The Morgan fingerprint density at radius 1 is 1.03 bits per heavy atom. The van der Waals surface area contributed by atoms with Crippen molar-refractivity contribution in [3.63, 3.8) is 0 Å². The summed E-state index contributed by atoms with van der Waals surface area (Å²) < 4.78 is 11.9. The average Bonchev–Trinajstić information content (AvgIpc) is 2.75. The number of piperazine rings is 1. The van der Waals surface area contributed by atoms with Gasteiger partial charge >= 0.3 is 6.03 Å². The molecule has 1 N–H and O–H groups in total. The molecule has 6 nitrogen and oxygen atoms in total. The predicted octanol–water partition coefficient (Wildman–Crippen LogP) is 3.54. The maximum Gasteiger partial charge on any atom is 0.317 e. The number of carbonyl (C=O) groups excluding carboxylic acids is 1. The highest BCUT2D eigenvalue weighted by Crippen LogP contribution is 2.25. The van der Waals surface area contributed by atoms with E-state index in [1.165, 1.54) is 5.56 Å². The molecule has 0 aromatic heterocycles. The summed E-state index contributed by atoms with van der Waals surface area (Å²) in [7, 11) is 3.35. The molecule has 0 unspecified atom stereocenters. The maximum atomic E-state index is 12.5. The van der Waals surface area contributed by atoms with Crippen LogP contribution >= 0.6 is 15.9 Å². The normalized spacial score (nSPS) is 14.5. The van der Waals surface area contributed by atoms with Gasteiger partial charge in [0, 0.05) is 49.3 Å². The van der Waals surface area contributed by atoms with Gasteiger partial charge in [-0.25, -0.2) is 4.79 Å². The lowest BCUT2D eigenvalue weighted by molar-refractivity contribution is 0.134. The van der Waals surface area contributed by atoms with Gasteiger partial charge in [0.15, 0.2) is 0 Å². The molecule has 0 bridgehead atoms. The lowest BCUT2D eigenvalue weighted by Crippen LogP contribution is -2.51. The van der Waals surface area contributed by atoms with E-state index in [0.29, 0.717) is 19.6 Å². The molecule has 1 aliphatic heterocycles. The number of carbonyl (C=O) groups is 1. The summed E-state index contributed by atoms with van der Waals surface area (Å²) in [4.78, 5) is 16.7. The first-order chi connectivity index (χ1) is 14.1. The number of amides is 2. The topological polar surface area (TPSA) is 54.0 Å². The van der Waals surface area contributed by atoms with Crippen molar-refractivity contribution >= 4 is 22.0 Å². The van der Waals surface area contributed by atoms with Crippen molar-refractivity contribution in [3.8, 4) is 11.5 Å². The molecule has 0 spiro atoms. The molecular weight excluding hydrogens is 434 g/mol. The van der Waals surface area contributed by atoms with Gasteiger partial charge in [0.25, 0.3) is 0 Å². The quantitative estimate of drug-likeness (QED) is 0.684. The Labute approximate surface area is 180 Å². The zero-order valence-electron chi connectivity index (χ0n) is 17.0. The summed E-state index contributed by atoms with van der Waals surface area (Å²) in [5.41, 5.74) is 2.29. The highest BCUT2D eigenvalue weighted by Gasteiger charge is 2.21. The van der Waals surface area contributed by atoms with Crippen molar-refractivity contribution in [2.45, 2.75) is 13.0 Å². The van der Waals surface area contributed by atoms with Crippen LogP contribution in [0.25, 0.3) is 0 Å². The van der Waals surface area contributed by atoms with E-state index in [2.05, 4.69) is 32.2 Å². The summed E-state index contributed by atoms with van der Waals surface area (Å²) >= 11 is 3.55. The van der Waals surface area contributed by atoms with Gasteiger partial charge in [-0.05, 0) is 36.2 Å². The second-order valence-corrected chi connectivity index (χ2v) is 7.87. The number of ether oxygens (including phenoxy) is 2. The molecule has 3 rings (SSSR count). The van der Waals surface area contributed by atoms with Gasteiger partial charge in [-0.15, -0.1) is 0 Å². The second-order valence-electron chi connectivity index (χ2n) is 7.01. The number of rotatable bonds is 7. The van der Waals surface area contributed by atoms with Crippen LogP contribution in [-0.2, 0) is 13.0 Å². The van der Waals surface area contributed by atoms with E-state index in [4.69, 9.17) is 9.47 Å². The van der Waals surface area contributed by atoms with Gasteiger partial charge in [0.05, 0.1) is 14.2 Å². The first kappa shape index (κ1) is 21.5. The van der Waals surface area contributed by atoms with Crippen LogP contribution in [0, 0.1) is 0 Å². The van der Waals surface area contributed by atoms with Crippen molar-refractivity contribution in [1.29, 1.82) is 0 Å². The summed E-state index contributed by atoms with van der Waals surface area (Å²) in [5.74, 6) is 1.68. The standard InChI is InChI=1S/C22H28BrN3O3/c1-28-19-7-8-21(29-2)18(15-19)16-25-11-13-26(14-12-25)22(27)24-10-9-17-5-3-4-6-20(17)23/h3-8,15H,9-14,16H2,1-2H3,(H,24,27). The summed E-state index contributed by atoms with van der Waals surface area (Å²) in [6.45, 7) is 4.50. The third-order valence-corrected chi connectivity index (χ3v) is 5.94. The number of hydrogen-bond acceptors (Lipinski definition) is 4. The van der Waals surface area contributed by atoms with Gasteiger partial charge in [-0.1, -0.05) is 34.1 Å². The molecule has 0 aliphatic carbocycles. The Kier molecular flexibility index (Phi) is 7.77. The summed E-state index contributed by atoms with van der Waals surface area (Å²) in [6, 6.07) is 14.0. The van der Waals surface area contributed by atoms with Crippen LogP contribution < -0.4 is 14.8 Å². The van der Waals surface area contributed by atoms with Crippen LogP contribution in [0.4, 0.5) is 4.79 Å². The summed E-state index contributed by atoms with van der Waals surface area (Å²) in [5, 5.41) is 3.04. The number of urea groups is 1. The smallest absolute Gasteiger partial charge is 0.317 e. The molecule has 0 radical (unpaired) electrons. The third kappa shape index (κ3) is 5.87. The van der Waals surface area contributed by atoms with Crippen LogP contribution in [0.5, 0.6) is 11.5 Å². The Bertz CT molecular complexity index is 823. The zero-order chi connectivity index (χ0) is 20.6. The number of nitrogens with zero attached hydrogens (tertiary/aromatic N) is 2. The average molecular weight is 462 g/mol. The number of methoxy groups -OCH3 is 2. The Morgan fingerprint density at radius 3 is 2.48 bits per heavy atom. The fourth-order valence-electron chi connectivity index (χ4n) is 3.47. The third-order valence-electron chi connectivity index (χ3n) is 5.17. The number of halogens is 1. The molecule has 2 amide bonds. The number of nitrogens with one attached hydrogen (secondary N) is 1. The highest BCUT2D eigenvalue weighted by atomic mass is 79.9. The summed E-state index contributed by atoms with van der Waals surface area (Å²) in [6.07, 6.45) is 0.808. The van der Waals surface area contributed by atoms with E-state index in [9.17, 15) is 4.79 Å². The van der Waals surface area contributed by atoms with E-state index in [-0.39, 0.29) is 6.03 Å². The fourth-order valence-corrected chi connectivity index (χ4v) is 3.96. The van der Waals surface area contributed by atoms with E-state index >= 15 is 0 Å². The van der Waals surface area contributed by atoms with Crippen molar-refractivity contribution in [2.75, 3.05) is 46.9 Å². The lowest BCUT2D eigenvalue weighted by Gasteiger charge is -2.35. The number of benzene rings is 2. The monoisotopic (exact) mass is 461 g/mol. The molecule has 1 saturated heterocycles. The van der Waals surface area contributed by atoms with Gasteiger partial charge in [0.1, 0.15) is 11.5 Å². The SMILES string of the molecule is COc1ccc(OC)c(CN2CCN(C(=O)NCCc3ccccc3Br)CC2)c1. The zero-order valence-corrected chi connectivity index (χ0v) is 18.6. The van der Waals surface area contributed by atoms with Crippen molar-refractivity contribution in [2.24, 2.45) is 0 Å². The van der Waals surface area contributed by atoms with Crippen LogP contribution in [0.2, 0.25) is 0 Å². The Balaban J connectivity index is 1.45. The van der Waals surface area contributed by atoms with Crippen molar-refractivity contribution in [1.82, 2.24) is 15.1 Å². The van der Waals surface area contributed by atoms with Gasteiger partial charge < -0.3 is 19.7 Å². The molecule has 7 heteroatoms. The molecule has 2 aromatic rings. The lowest BCUT2D eigenvalue weighted by atomic mass is 10.1. The minimum Gasteiger partial charge on any atom is -0.497 e. The Morgan fingerprint density at radius 2 is 1.79 bits per heavy atom. The molecule has 2 aromatic carbocycles. The van der Waals surface area contributed by atoms with Crippen LogP contribution in [0.1, 0.15) is 11.1 Å². The second kappa shape index (κ2) is 10.5. The molecular formula is C22H28BrN3O3. The van der Waals surface area contributed by atoms with Crippen LogP contribution in [0.15, 0.2) is 46.9 Å². The fraction of sp³-hybridized carbons (Fsp3) is 0.409. The molecule has 1 heterocycles. The van der Waals surface area contributed by atoms with E-state index in [1.54, 1.807) is 14.2 Å². The predicted molar refractivity (Wildman–Crippen MR) is 118 cm³/mol. The largest absolute Gasteiger partial charge is 0.497 e. The first-order valence-electron chi connectivity index (χ1n) is 9.80. The van der Waals surface area contributed by atoms with Crippen LogP contribution in [-0.4, -0.2) is 62.8 Å². The van der Waals surface area contributed by atoms with Gasteiger partial charge in [0.2, 0.25) is 0 Å². The van der Waals surface area contributed by atoms with Crippen molar-refractivity contribution < 1.29 is 14.3 Å². The molecule has 0 saturated carbocycles. The number of hydrogen-bond donors (Lipinski definition) is 1. The molecule has 0 atom stereocenters. The highest BCUT2D eigenvalue weighted by molar-refractivity contribution is 9.10. The molecule has 1 aliphatic rings. The minimum atomic E-state index is 0.00987. The van der Waals surface area contributed by atoms with Gasteiger partial charge in [-0.2, -0.15) is 0 Å². The molecule has 1 fully saturated rings. The first-order valence-corrected chi connectivity index (χ1v) is 10.6. The van der Waals surface area contributed by atoms with E-state index in [1.807, 2.05) is 41.3 Å². The van der Waals surface area contributed by atoms with Crippen molar-refractivity contribution in [3.05, 3.63) is 58.1 Å². The minimum absolute atomic E-state index is 0.00987. The molecule has 156 valence electrons. The Hall–Kier alpha value is -2.25. The van der Waals surface area contributed by atoms with Crippen LogP contribution in [0.3, 0.4) is 0 Å². The van der Waals surface area contributed by atoms with Gasteiger partial charge in [-0.3, -0.25) is 4.90 Å².